The molecule has 0 fully saturated rings. The number of fused-ring (bicyclic) bond motifs is 1. The maximum absolute atomic E-state index is 5.58. The van der Waals surface area contributed by atoms with E-state index in [1.54, 1.807) is 0 Å². The number of allylic oxidation sites excluding steroid dienone is 1. The van der Waals surface area contributed by atoms with Gasteiger partial charge in [-0.15, -0.1) is 11.6 Å². The third-order valence-corrected chi connectivity index (χ3v) is 2.35. The maximum atomic E-state index is 5.58. The van der Waals surface area contributed by atoms with Crippen LogP contribution < -0.4 is 0 Å². The van der Waals surface area contributed by atoms with Gasteiger partial charge in [-0.05, 0) is 22.4 Å². The zero-order valence-electron chi connectivity index (χ0n) is 7.78. The first kappa shape index (κ1) is 9.29. The number of hydrogen-bond donors (Lipinski definition) is 0. The molecule has 2 aromatic rings. The largest absolute Gasteiger partial charge is 0.122 e. The minimum Gasteiger partial charge on any atom is -0.122 e. The van der Waals surface area contributed by atoms with Crippen LogP contribution >= 0.6 is 11.6 Å². The predicted octanol–water partition coefficient (Wildman–Crippen LogP) is 4.09. The van der Waals surface area contributed by atoms with Gasteiger partial charge in [0.15, 0.2) is 0 Å². The zero-order chi connectivity index (χ0) is 9.80. The molecule has 0 aromatic heterocycles. The average Bonchev–Trinajstić information content (AvgIpc) is 2.26. The van der Waals surface area contributed by atoms with Crippen LogP contribution in [-0.2, 0) is 0 Å². The Hall–Kier alpha value is -1.27. The number of hydrogen-bond acceptors (Lipinski definition) is 0. The van der Waals surface area contributed by atoms with Crippen molar-refractivity contribution >= 4 is 28.4 Å². The summed E-state index contributed by atoms with van der Waals surface area (Å²) in [7, 11) is 0. The molecule has 0 bridgehead atoms. The van der Waals surface area contributed by atoms with Crippen LogP contribution in [-0.4, -0.2) is 5.88 Å². The lowest BCUT2D eigenvalue weighted by Gasteiger charge is -1.98. The number of rotatable bonds is 2. The highest BCUT2D eigenvalue weighted by Gasteiger charge is 1.91. The van der Waals surface area contributed by atoms with Gasteiger partial charge in [-0.1, -0.05) is 48.6 Å². The summed E-state index contributed by atoms with van der Waals surface area (Å²) in [6.07, 6.45) is 3.99. The van der Waals surface area contributed by atoms with Crippen LogP contribution in [0.5, 0.6) is 0 Å². The summed E-state index contributed by atoms with van der Waals surface area (Å²) < 4.78 is 0. The molecule has 0 aliphatic rings. The second-order valence-corrected chi connectivity index (χ2v) is 3.47. The fraction of sp³-hybridized carbons (Fsp3) is 0.0769. The van der Waals surface area contributed by atoms with Crippen LogP contribution in [0.25, 0.3) is 16.8 Å². The van der Waals surface area contributed by atoms with Gasteiger partial charge in [-0.3, -0.25) is 0 Å². The number of alkyl halides is 1. The van der Waals surface area contributed by atoms with Crippen molar-refractivity contribution in [1.82, 2.24) is 0 Å². The molecule has 0 heterocycles. The molecule has 0 aliphatic heterocycles. The summed E-state index contributed by atoms with van der Waals surface area (Å²) in [6.45, 7) is 0. The normalized spacial score (nSPS) is 11.2. The molecule has 1 heteroatoms. The van der Waals surface area contributed by atoms with E-state index < -0.39 is 0 Å². The summed E-state index contributed by atoms with van der Waals surface area (Å²) in [4.78, 5) is 0. The van der Waals surface area contributed by atoms with Crippen molar-refractivity contribution in [3.63, 3.8) is 0 Å². The molecule has 2 aromatic carbocycles. The molecule has 0 nitrogen and oxygen atoms in total. The summed E-state index contributed by atoms with van der Waals surface area (Å²) in [5.74, 6) is 0.562. The third-order valence-electron chi connectivity index (χ3n) is 2.17. The van der Waals surface area contributed by atoms with Gasteiger partial charge in [-0.25, -0.2) is 0 Å². The van der Waals surface area contributed by atoms with Gasteiger partial charge in [0.05, 0.1) is 0 Å². The van der Waals surface area contributed by atoms with Crippen molar-refractivity contribution in [2.75, 3.05) is 5.88 Å². The molecule has 0 spiro atoms. The minimum absolute atomic E-state index is 0.562. The monoisotopic (exact) mass is 202 g/mol. The Morgan fingerprint density at radius 1 is 1.00 bits per heavy atom. The third kappa shape index (κ3) is 1.97. The quantitative estimate of drug-likeness (QED) is 0.644. The molecule has 0 saturated carbocycles. The first-order valence-corrected chi connectivity index (χ1v) is 5.15. The molecule has 0 aliphatic carbocycles. The Balaban J connectivity index is 2.46. The molecule has 0 amide bonds. The van der Waals surface area contributed by atoms with Gasteiger partial charge in [0.1, 0.15) is 0 Å². The van der Waals surface area contributed by atoms with Crippen molar-refractivity contribution < 1.29 is 0 Å². The van der Waals surface area contributed by atoms with E-state index >= 15 is 0 Å². The van der Waals surface area contributed by atoms with Crippen LogP contribution in [0.15, 0.2) is 48.5 Å². The van der Waals surface area contributed by atoms with Gasteiger partial charge >= 0.3 is 0 Å². The van der Waals surface area contributed by atoms with Crippen LogP contribution in [0, 0.1) is 0 Å². The fourth-order valence-electron chi connectivity index (χ4n) is 1.49. The molecule has 2 rings (SSSR count). The molecule has 0 unspecified atom stereocenters. The summed E-state index contributed by atoms with van der Waals surface area (Å²) in [5.41, 5.74) is 1.20. The molecular weight excluding hydrogens is 192 g/mol. The van der Waals surface area contributed by atoms with Gasteiger partial charge in [-0.2, -0.15) is 0 Å². The lowest BCUT2D eigenvalue weighted by molar-refractivity contribution is 1.69. The Bertz CT molecular complexity index is 457. The Morgan fingerprint density at radius 3 is 2.57 bits per heavy atom. The van der Waals surface area contributed by atoms with Gasteiger partial charge in [0.25, 0.3) is 0 Å². The van der Waals surface area contributed by atoms with Crippen molar-refractivity contribution in [3.05, 3.63) is 54.1 Å². The topological polar surface area (TPSA) is 0 Å². The minimum atomic E-state index is 0.562. The molecular formula is C13H11Cl. The molecule has 14 heavy (non-hydrogen) atoms. The van der Waals surface area contributed by atoms with E-state index in [0.29, 0.717) is 5.88 Å². The summed E-state index contributed by atoms with van der Waals surface area (Å²) >= 11 is 5.58. The highest BCUT2D eigenvalue weighted by Crippen LogP contribution is 2.16. The van der Waals surface area contributed by atoms with Crippen LogP contribution in [0.1, 0.15) is 5.56 Å². The van der Waals surface area contributed by atoms with Crippen molar-refractivity contribution in [2.24, 2.45) is 0 Å². The van der Waals surface area contributed by atoms with Crippen LogP contribution in [0.4, 0.5) is 0 Å². The molecule has 0 radical (unpaired) electrons. The van der Waals surface area contributed by atoms with Crippen molar-refractivity contribution in [2.45, 2.75) is 0 Å². The first-order chi connectivity index (χ1) is 6.90. The predicted molar refractivity (Wildman–Crippen MR) is 63.7 cm³/mol. The van der Waals surface area contributed by atoms with E-state index in [1.165, 1.54) is 16.3 Å². The van der Waals surface area contributed by atoms with E-state index in [0.717, 1.165) is 0 Å². The Kier molecular flexibility index (Phi) is 2.85. The molecule has 0 saturated heterocycles. The second kappa shape index (κ2) is 4.30. The SMILES string of the molecule is ClC/C=C/c1ccc2ccccc2c1. The van der Waals surface area contributed by atoms with Crippen LogP contribution in [0.3, 0.4) is 0 Å². The van der Waals surface area contributed by atoms with E-state index in [-0.39, 0.29) is 0 Å². The number of halogens is 1. The van der Waals surface area contributed by atoms with E-state index in [4.69, 9.17) is 11.6 Å². The molecule has 70 valence electrons. The van der Waals surface area contributed by atoms with Gasteiger partial charge < -0.3 is 0 Å². The average molecular weight is 203 g/mol. The maximum Gasteiger partial charge on any atom is 0.0407 e. The second-order valence-electron chi connectivity index (χ2n) is 3.16. The highest BCUT2D eigenvalue weighted by atomic mass is 35.5. The lowest BCUT2D eigenvalue weighted by Crippen LogP contribution is -1.75. The summed E-state index contributed by atoms with van der Waals surface area (Å²) in [6, 6.07) is 14.7. The van der Waals surface area contributed by atoms with Crippen molar-refractivity contribution in [1.29, 1.82) is 0 Å². The molecule has 0 N–H and O–H groups in total. The first-order valence-electron chi connectivity index (χ1n) is 4.61. The van der Waals surface area contributed by atoms with E-state index in [2.05, 4.69) is 42.5 Å². The smallest absolute Gasteiger partial charge is 0.0407 e. The van der Waals surface area contributed by atoms with Gasteiger partial charge in [0, 0.05) is 5.88 Å². The fourth-order valence-corrected chi connectivity index (χ4v) is 1.58. The standard InChI is InChI=1S/C13H11Cl/c14-9-3-4-11-7-8-12-5-1-2-6-13(12)10-11/h1-8,10H,9H2/b4-3+. The zero-order valence-corrected chi connectivity index (χ0v) is 8.54. The Labute approximate surface area is 88.8 Å². The summed E-state index contributed by atoms with van der Waals surface area (Å²) in [5, 5.41) is 2.54. The van der Waals surface area contributed by atoms with E-state index in [1.807, 2.05) is 12.2 Å². The Morgan fingerprint density at radius 2 is 1.79 bits per heavy atom. The van der Waals surface area contributed by atoms with Crippen LogP contribution in [0.2, 0.25) is 0 Å². The number of benzene rings is 2. The van der Waals surface area contributed by atoms with E-state index in [9.17, 15) is 0 Å². The highest BCUT2D eigenvalue weighted by molar-refractivity contribution is 6.19. The molecule has 0 atom stereocenters. The lowest BCUT2D eigenvalue weighted by atomic mass is 10.1. The van der Waals surface area contributed by atoms with Crippen molar-refractivity contribution in [3.8, 4) is 0 Å². The van der Waals surface area contributed by atoms with Gasteiger partial charge in [0.2, 0.25) is 0 Å².